The van der Waals surface area contributed by atoms with Gasteiger partial charge in [0.1, 0.15) is 3.70 Å². The van der Waals surface area contributed by atoms with Gasteiger partial charge >= 0.3 is 6.36 Å². The number of alkyl halides is 3. The molecule has 0 aliphatic rings. The van der Waals surface area contributed by atoms with E-state index >= 15 is 0 Å². The third kappa shape index (κ3) is 2.49. The van der Waals surface area contributed by atoms with Crippen LogP contribution in [0.25, 0.3) is 5.65 Å². The largest absolute Gasteiger partial charge is 0.574 e. The fourth-order valence-corrected chi connectivity index (χ4v) is 1.57. The Balaban J connectivity index is 2.38. The van der Waals surface area contributed by atoms with E-state index in [1.807, 2.05) is 22.6 Å². The summed E-state index contributed by atoms with van der Waals surface area (Å²) in [5, 5.41) is 0. The second-order valence-corrected chi connectivity index (χ2v) is 3.71. The molecule has 0 radical (unpaired) electrons. The van der Waals surface area contributed by atoms with Crippen molar-refractivity contribution in [2.24, 2.45) is 0 Å². The molecule has 0 saturated carbocycles. The van der Waals surface area contributed by atoms with Crippen LogP contribution in [0, 0.1) is 3.70 Å². The average molecular weight is 329 g/mol. The van der Waals surface area contributed by atoms with Gasteiger partial charge in [-0.2, -0.15) is 0 Å². The monoisotopic (exact) mass is 329 g/mol. The van der Waals surface area contributed by atoms with Crippen LogP contribution >= 0.6 is 22.6 Å². The number of ether oxygens (including phenoxy) is 1. The maximum atomic E-state index is 11.9. The molecule has 0 fully saturated rings. The molecule has 0 bridgehead atoms. The minimum atomic E-state index is -4.73. The Morgan fingerprint density at radius 3 is 2.73 bits per heavy atom. The minimum absolute atomic E-state index is 0.467. The molecule has 0 unspecified atom stereocenters. The Bertz CT molecular complexity index is 496. The van der Waals surface area contributed by atoms with Gasteiger partial charge in [0, 0.05) is 6.20 Å². The molecule has 0 aliphatic heterocycles. The van der Waals surface area contributed by atoms with Crippen LogP contribution in [0.5, 0.6) is 5.88 Å². The summed E-state index contributed by atoms with van der Waals surface area (Å²) in [6.45, 7) is 0. The smallest absolute Gasteiger partial charge is 0.386 e. The van der Waals surface area contributed by atoms with Crippen molar-refractivity contribution in [2.75, 3.05) is 0 Å². The highest BCUT2D eigenvalue weighted by Crippen LogP contribution is 2.20. The normalized spacial score (nSPS) is 12.0. The summed E-state index contributed by atoms with van der Waals surface area (Å²) in [5.74, 6) is -0.510. The van der Waals surface area contributed by atoms with Crippen molar-refractivity contribution in [1.29, 1.82) is 0 Å². The Morgan fingerprint density at radius 1 is 1.33 bits per heavy atom. The van der Waals surface area contributed by atoms with Gasteiger partial charge in [-0.05, 0) is 22.6 Å². The molecule has 8 heteroatoms. The maximum absolute atomic E-state index is 11.9. The standard InChI is InChI=1S/C7H3F3IN3O/c8-7(9,10)15-6-3-14-2-4(11)13-5(14)1-12-6/h1-3H. The Labute approximate surface area is 95.2 Å². The Kier molecular flexibility index (Phi) is 2.44. The molecule has 0 spiro atoms. The van der Waals surface area contributed by atoms with Gasteiger partial charge in [-0.3, -0.25) is 4.40 Å². The van der Waals surface area contributed by atoms with Crippen LogP contribution in [0.4, 0.5) is 13.2 Å². The first kappa shape index (κ1) is 10.5. The first-order valence-corrected chi connectivity index (χ1v) is 4.78. The van der Waals surface area contributed by atoms with E-state index in [4.69, 9.17) is 0 Å². The molecule has 15 heavy (non-hydrogen) atoms. The van der Waals surface area contributed by atoms with Crippen LogP contribution < -0.4 is 4.74 Å². The van der Waals surface area contributed by atoms with Crippen LogP contribution in [0.3, 0.4) is 0 Å². The number of fused-ring (bicyclic) bond motifs is 1. The van der Waals surface area contributed by atoms with Gasteiger partial charge in [-0.15, -0.1) is 13.2 Å². The van der Waals surface area contributed by atoms with E-state index in [2.05, 4.69) is 14.7 Å². The highest BCUT2D eigenvalue weighted by Gasteiger charge is 2.31. The lowest BCUT2D eigenvalue weighted by atomic mass is 10.6. The molecule has 0 aliphatic carbocycles. The lowest BCUT2D eigenvalue weighted by molar-refractivity contribution is -0.276. The van der Waals surface area contributed by atoms with Gasteiger partial charge in [0.05, 0.1) is 12.4 Å². The SMILES string of the molecule is FC(F)(F)Oc1cn2cc(I)nc2cn1. The zero-order valence-corrected chi connectivity index (χ0v) is 9.15. The van der Waals surface area contributed by atoms with Gasteiger partial charge in [-0.1, -0.05) is 0 Å². The highest BCUT2D eigenvalue weighted by atomic mass is 127. The van der Waals surface area contributed by atoms with Crippen molar-refractivity contribution in [3.8, 4) is 5.88 Å². The lowest BCUT2D eigenvalue weighted by Crippen LogP contribution is -2.18. The molecule has 2 heterocycles. The summed E-state index contributed by atoms with van der Waals surface area (Å²) in [5.41, 5.74) is 0.467. The number of hydrogen-bond donors (Lipinski definition) is 0. The third-order valence-corrected chi connectivity index (χ3v) is 2.03. The van der Waals surface area contributed by atoms with Crippen LogP contribution in [0.2, 0.25) is 0 Å². The van der Waals surface area contributed by atoms with E-state index in [-0.39, 0.29) is 0 Å². The zero-order valence-electron chi connectivity index (χ0n) is 6.99. The molecule has 0 atom stereocenters. The van der Waals surface area contributed by atoms with E-state index in [0.29, 0.717) is 9.35 Å². The number of imidazole rings is 1. The average Bonchev–Trinajstić information content (AvgIpc) is 2.40. The molecule has 2 rings (SSSR count). The second kappa shape index (κ2) is 3.51. The van der Waals surface area contributed by atoms with Crippen molar-refractivity contribution in [1.82, 2.24) is 14.4 Å². The van der Waals surface area contributed by atoms with Crippen LogP contribution in [0.15, 0.2) is 18.6 Å². The minimum Gasteiger partial charge on any atom is -0.386 e. The van der Waals surface area contributed by atoms with E-state index in [0.717, 1.165) is 6.20 Å². The molecule has 0 amide bonds. The van der Waals surface area contributed by atoms with Gasteiger partial charge in [0.15, 0.2) is 5.65 Å². The summed E-state index contributed by atoms with van der Waals surface area (Å²) in [6.07, 6.45) is -0.823. The first-order valence-electron chi connectivity index (χ1n) is 3.70. The van der Waals surface area contributed by atoms with Crippen molar-refractivity contribution >= 4 is 28.2 Å². The van der Waals surface area contributed by atoms with Crippen LogP contribution in [0.1, 0.15) is 0 Å². The number of nitrogens with zero attached hydrogens (tertiary/aromatic N) is 3. The van der Waals surface area contributed by atoms with E-state index in [1.165, 1.54) is 10.6 Å². The van der Waals surface area contributed by atoms with Gasteiger partial charge in [0.2, 0.25) is 5.88 Å². The molecule has 2 aromatic rings. The van der Waals surface area contributed by atoms with Crippen molar-refractivity contribution in [2.45, 2.75) is 6.36 Å². The molecular formula is C7H3F3IN3O. The van der Waals surface area contributed by atoms with E-state index in [9.17, 15) is 13.2 Å². The van der Waals surface area contributed by atoms with E-state index in [1.54, 1.807) is 6.20 Å². The predicted octanol–water partition coefficient (Wildman–Crippen LogP) is 2.23. The van der Waals surface area contributed by atoms with Gasteiger partial charge in [0.25, 0.3) is 0 Å². The highest BCUT2D eigenvalue weighted by molar-refractivity contribution is 14.1. The molecule has 80 valence electrons. The van der Waals surface area contributed by atoms with Gasteiger partial charge in [-0.25, -0.2) is 9.97 Å². The first-order chi connectivity index (χ1) is 6.94. The van der Waals surface area contributed by atoms with E-state index < -0.39 is 12.2 Å². The summed E-state index contributed by atoms with van der Waals surface area (Å²) in [6, 6.07) is 0. The number of halogens is 4. The summed E-state index contributed by atoms with van der Waals surface area (Å²) >= 11 is 1.95. The molecule has 0 aromatic carbocycles. The number of hydrogen-bond acceptors (Lipinski definition) is 3. The molecule has 0 saturated heterocycles. The van der Waals surface area contributed by atoms with Crippen LogP contribution in [-0.2, 0) is 0 Å². The Morgan fingerprint density at radius 2 is 2.07 bits per heavy atom. The van der Waals surface area contributed by atoms with Crippen molar-refractivity contribution in [3.05, 3.63) is 22.3 Å². The number of rotatable bonds is 1. The predicted molar refractivity (Wildman–Crippen MR) is 52.4 cm³/mol. The molecule has 4 nitrogen and oxygen atoms in total. The summed E-state index contributed by atoms with van der Waals surface area (Å²) in [7, 11) is 0. The van der Waals surface area contributed by atoms with Gasteiger partial charge < -0.3 is 4.74 Å². The summed E-state index contributed by atoms with van der Waals surface area (Å²) in [4.78, 5) is 7.48. The molecule has 0 N–H and O–H groups in total. The lowest BCUT2D eigenvalue weighted by Gasteiger charge is -2.07. The zero-order chi connectivity index (χ0) is 11.1. The summed E-state index contributed by atoms with van der Waals surface area (Å²) < 4.78 is 41.3. The number of aromatic nitrogens is 3. The second-order valence-electron chi connectivity index (χ2n) is 2.60. The van der Waals surface area contributed by atoms with Crippen molar-refractivity contribution in [3.63, 3.8) is 0 Å². The molecule has 2 aromatic heterocycles. The maximum Gasteiger partial charge on any atom is 0.574 e. The topological polar surface area (TPSA) is 39.4 Å². The third-order valence-electron chi connectivity index (χ3n) is 1.51. The molecular weight excluding hydrogens is 326 g/mol. The fourth-order valence-electron chi connectivity index (χ4n) is 1.02. The van der Waals surface area contributed by atoms with Crippen LogP contribution in [-0.4, -0.2) is 20.7 Å². The quantitative estimate of drug-likeness (QED) is 0.754. The fraction of sp³-hybridized carbons (Fsp3) is 0.143. The Hall–Kier alpha value is -1.06. The van der Waals surface area contributed by atoms with Crippen molar-refractivity contribution < 1.29 is 17.9 Å².